The first-order valence-corrected chi connectivity index (χ1v) is 14.1. The maximum Gasteiger partial charge on any atom is 0.429 e. The Hall–Kier alpha value is -4.59. The van der Waals surface area contributed by atoms with E-state index in [0.717, 1.165) is 54.7 Å². The molecule has 0 spiro atoms. The predicted molar refractivity (Wildman–Crippen MR) is 157 cm³/mol. The molecule has 0 heterocycles. The summed E-state index contributed by atoms with van der Waals surface area (Å²) in [5, 5.41) is 0. The number of aryl methyl sites for hydroxylation is 1. The van der Waals surface area contributed by atoms with Gasteiger partial charge < -0.3 is 4.74 Å². The molecule has 226 valence electrons. The van der Waals surface area contributed by atoms with Crippen molar-refractivity contribution in [2.45, 2.75) is 38.7 Å². The van der Waals surface area contributed by atoms with Gasteiger partial charge in [0.15, 0.2) is 11.6 Å². The molecule has 0 saturated carbocycles. The van der Waals surface area contributed by atoms with Crippen LogP contribution < -0.4 is 4.74 Å². The van der Waals surface area contributed by atoms with E-state index in [1.807, 2.05) is 24.3 Å². The molecule has 0 aliphatic heterocycles. The number of alkyl halides is 2. The highest BCUT2D eigenvalue weighted by Gasteiger charge is 2.38. The van der Waals surface area contributed by atoms with Crippen molar-refractivity contribution in [3.63, 3.8) is 0 Å². The third-order valence-corrected chi connectivity index (χ3v) is 7.33. The van der Waals surface area contributed by atoms with Crippen molar-refractivity contribution in [3.8, 4) is 39.1 Å². The molecule has 1 nitrogen and oxygen atoms in total. The van der Waals surface area contributed by atoms with Gasteiger partial charge in [-0.15, -0.1) is 0 Å². The van der Waals surface area contributed by atoms with Crippen molar-refractivity contribution in [2.24, 2.45) is 0 Å². The Balaban J connectivity index is 1.34. The molecule has 5 aromatic rings. The Morgan fingerprint density at radius 1 is 0.523 bits per heavy atom. The summed E-state index contributed by atoms with van der Waals surface area (Å²) in [4.78, 5) is 0. The fourth-order valence-corrected chi connectivity index (χ4v) is 4.96. The van der Waals surface area contributed by atoms with E-state index in [1.165, 1.54) is 12.0 Å². The SMILES string of the molecule is CCCCCc1ccc(-c2ccc(-c3cc(F)c(-c4ccc(C(F)(F)Oc5ccc(F)c(F)c5)c(F)c4)c(F)c3)cc2)cc1. The molecule has 0 atom stereocenters. The second kappa shape index (κ2) is 13.0. The monoisotopic (exact) mass is 608 g/mol. The molecule has 0 aromatic heterocycles. The molecule has 0 aliphatic rings. The van der Waals surface area contributed by atoms with Crippen LogP contribution in [0.25, 0.3) is 33.4 Å². The zero-order chi connectivity index (χ0) is 31.4. The van der Waals surface area contributed by atoms with Crippen molar-refractivity contribution in [3.05, 3.63) is 137 Å². The summed E-state index contributed by atoms with van der Waals surface area (Å²) in [7, 11) is 0. The second-order valence-electron chi connectivity index (χ2n) is 10.4. The van der Waals surface area contributed by atoms with Gasteiger partial charge in [0.05, 0.1) is 11.1 Å². The topological polar surface area (TPSA) is 9.23 Å². The summed E-state index contributed by atoms with van der Waals surface area (Å²) in [6.07, 6.45) is 0.223. The van der Waals surface area contributed by atoms with E-state index in [1.54, 1.807) is 12.1 Å². The van der Waals surface area contributed by atoms with Gasteiger partial charge >= 0.3 is 6.11 Å². The summed E-state index contributed by atoms with van der Waals surface area (Å²) in [5.74, 6) is -6.99. The Kier molecular flexibility index (Phi) is 9.09. The van der Waals surface area contributed by atoms with Gasteiger partial charge in [-0.05, 0) is 82.6 Å². The van der Waals surface area contributed by atoms with E-state index in [2.05, 4.69) is 23.8 Å². The van der Waals surface area contributed by atoms with Gasteiger partial charge in [0.2, 0.25) is 0 Å². The van der Waals surface area contributed by atoms with Crippen LogP contribution in [0.5, 0.6) is 5.75 Å². The Labute approximate surface area is 250 Å². The highest BCUT2D eigenvalue weighted by molar-refractivity contribution is 5.74. The van der Waals surface area contributed by atoms with Crippen LogP contribution in [0.2, 0.25) is 0 Å². The largest absolute Gasteiger partial charge is 0.429 e. The van der Waals surface area contributed by atoms with Crippen molar-refractivity contribution in [1.29, 1.82) is 0 Å². The van der Waals surface area contributed by atoms with E-state index in [4.69, 9.17) is 0 Å². The molecule has 0 amide bonds. The molecule has 44 heavy (non-hydrogen) atoms. The molecule has 5 rings (SSSR count). The molecule has 0 saturated heterocycles. The number of rotatable bonds is 10. The molecule has 5 aromatic carbocycles. The summed E-state index contributed by atoms with van der Waals surface area (Å²) < 4.78 is 105. The Bertz CT molecular complexity index is 1740. The lowest BCUT2D eigenvalue weighted by molar-refractivity contribution is -0.187. The molecule has 0 aliphatic carbocycles. The summed E-state index contributed by atoms with van der Waals surface area (Å²) in [6, 6.07) is 21.5. The molecule has 0 unspecified atom stereocenters. The molecular weight excluding hydrogens is 581 g/mol. The van der Waals surface area contributed by atoms with Crippen LogP contribution in [0.4, 0.5) is 30.7 Å². The molecule has 8 heteroatoms. The van der Waals surface area contributed by atoms with E-state index in [9.17, 15) is 22.0 Å². The minimum absolute atomic E-state index is 0.241. The average Bonchev–Trinajstić information content (AvgIpc) is 2.99. The van der Waals surface area contributed by atoms with Crippen LogP contribution >= 0.6 is 0 Å². The Morgan fingerprint density at radius 3 is 1.64 bits per heavy atom. The van der Waals surface area contributed by atoms with Crippen LogP contribution in [-0.2, 0) is 12.5 Å². The zero-order valence-corrected chi connectivity index (χ0v) is 23.6. The number of ether oxygens (including phenoxy) is 1. The normalized spacial score (nSPS) is 11.5. The minimum Gasteiger partial charge on any atom is -0.429 e. The fraction of sp³-hybridized carbons (Fsp3) is 0.167. The number of halogens is 7. The zero-order valence-electron chi connectivity index (χ0n) is 23.6. The van der Waals surface area contributed by atoms with Gasteiger partial charge in [-0.1, -0.05) is 74.4 Å². The average molecular weight is 609 g/mol. The second-order valence-corrected chi connectivity index (χ2v) is 10.4. The first-order valence-electron chi connectivity index (χ1n) is 14.1. The highest BCUT2D eigenvalue weighted by atomic mass is 19.3. The first kappa shape index (κ1) is 30.9. The number of hydrogen-bond acceptors (Lipinski definition) is 1. The summed E-state index contributed by atoms with van der Waals surface area (Å²) in [6.45, 7) is 2.17. The van der Waals surface area contributed by atoms with Crippen LogP contribution in [0.1, 0.15) is 37.3 Å². The van der Waals surface area contributed by atoms with E-state index in [0.29, 0.717) is 29.8 Å². The first-order chi connectivity index (χ1) is 21.1. The molecule has 0 N–H and O–H groups in total. The van der Waals surface area contributed by atoms with Crippen LogP contribution in [0.15, 0.2) is 97.1 Å². The molecule has 0 fully saturated rings. The van der Waals surface area contributed by atoms with Gasteiger partial charge in [-0.3, -0.25) is 0 Å². The van der Waals surface area contributed by atoms with Gasteiger partial charge in [0.25, 0.3) is 0 Å². The Morgan fingerprint density at radius 2 is 1.07 bits per heavy atom. The van der Waals surface area contributed by atoms with Gasteiger partial charge in [0, 0.05) is 6.07 Å². The predicted octanol–water partition coefficient (Wildman–Crippen LogP) is 11.2. The van der Waals surface area contributed by atoms with Crippen molar-refractivity contribution in [1.82, 2.24) is 0 Å². The van der Waals surface area contributed by atoms with Crippen LogP contribution in [-0.4, -0.2) is 0 Å². The number of benzene rings is 5. The summed E-state index contributed by atoms with van der Waals surface area (Å²) in [5.41, 5.74) is 1.83. The lowest BCUT2D eigenvalue weighted by atomic mass is 9.96. The maximum atomic E-state index is 15.2. The lowest BCUT2D eigenvalue weighted by Crippen LogP contribution is -2.23. The van der Waals surface area contributed by atoms with Crippen LogP contribution in [0, 0.1) is 29.1 Å². The number of unbranched alkanes of at least 4 members (excludes halogenated alkanes) is 2. The third kappa shape index (κ3) is 6.80. The van der Waals surface area contributed by atoms with E-state index in [-0.39, 0.29) is 11.1 Å². The fourth-order valence-electron chi connectivity index (χ4n) is 4.96. The van der Waals surface area contributed by atoms with Crippen molar-refractivity contribution in [2.75, 3.05) is 0 Å². The van der Waals surface area contributed by atoms with Crippen LogP contribution in [0.3, 0.4) is 0 Å². The van der Waals surface area contributed by atoms with Gasteiger partial charge in [-0.2, -0.15) is 8.78 Å². The van der Waals surface area contributed by atoms with E-state index < -0.39 is 52.1 Å². The van der Waals surface area contributed by atoms with Crippen molar-refractivity contribution < 1.29 is 35.5 Å². The highest BCUT2D eigenvalue weighted by Crippen LogP contribution is 2.37. The van der Waals surface area contributed by atoms with Gasteiger partial charge in [-0.25, -0.2) is 22.0 Å². The molecular formula is C36H27F7O. The molecule has 0 radical (unpaired) electrons. The minimum atomic E-state index is -4.29. The molecule has 0 bridgehead atoms. The van der Waals surface area contributed by atoms with E-state index >= 15 is 8.78 Å². The van der Waals surface area contributed by atoms with Crippen molar-refractivity contribution >= 4 is 0 Å². The third-order valence-electron chi connectivity index (χ3n) is 7.33. The number of hydrogen-bond donors (Lipinski definition) is 0. The lowest BCUT2D eigenvalue weighted by Gasteiger charge is -2.19. The summed E-state index contributed by atoms with van der Waals surface area (Å²) >= 11 is 0. The van der Waals surface area contributed by atoms with Gasteiger partial charge in [0.1, 0.15) is 23.2 Å². The quantitative estimate of drug-likeness (QED) is 0.113. The smallest absolute Gasteiger partial charge is 0.429 e. The maximum absolute atomic E-state index is 15.2. The standard InChI is InChI=1S/C36H27F7O/c1-2-3-4-5-22-6-8-23(9-7-22)24-10-12-25(13-11-24)27-19-33(40)35(34(41)20-27)26-14-16-29(31(38)18-26)36(42,43)44-28-15-17-30(37)32(39)21-28/h6-21H,2-5H2,1H3.